The number of nitrogens with one attached hydrogen (secondary N) is 2. The fourth-order valence-corrected chi connectivity index (χ4v) is 5.67. The van der Waals surface area contributed by atoms with Crippen molar-refractivity contribution in [2.24, 2.45) is 0 Å². The maximum atomic E-state index is 16.6. The molecule has 1 saturated carbocycles. The lowest BCUT2D eigenvalue weighted by atomic mass is 9.94. The number of H-pyrrole nitrogens is 1. The number of pyridine rings is 1. The molecule has 3 aromatic heterocycles. The second-order valence-electron chi connectivity index (χ2n) is 10.9. The zero-order valence-electron chi connectivity index (χ0n) is 24.6. The monoisotopic (exact) mass is 607 g/mol. The summed E-state index contributed by atoms with van der Waals surface area (Å²) in [6, 6.07) is 13.6. The van der Waals surface area contributed by atoms with Crippen LogP contribution < -0.4 is 15.0 Å². The van der Waals surface area contributed by atoms with E-state index < -0.39 is 17.5 Å². The zero-order valence-corrected chi connectivity index (χ0v) is 24.6. The van der Waals surface area contributed by atoms with E-state index in [9.17, 15) is 14.0 Å². The number of ether oxygens (including phenoxy) is 1. The lowest BCUT2D eigenvalue weighted by Crippen LogP contribution is -2.34. The Hall–Kier alpha value is -5.58. The van der Waals surface area contributed by atoms with Crippen LogP contribution in [0.4, 0.5) is 14.7 Å². The molecule has 1 fully saturated rings. The van der Waals surface area contributed by atoms with E-state index in [2.05, 4.69) is 20.3 Å². The highest BCUT2D eigenvalue weighted by molar-refractivity contribution is 6.13. The minimum absolute atomic E-state index is 0.0137. The van der Waals surface area contributed by atoms with E-state index in [1.165, 1.54) is 38.4 Å². The number of halogens is 2. The fourth-order valence-electron chi connectivity index (χ4n) is 5.67. The third-order valence-corrected chi connectivity index (χ3v) is 8.05. The smallest absolute Gasteiger partial charge is 0.264 e. The van der Waals surface area contributed by atoms with Crippen LogP contribution in [0, 0.1) is 18.6 Å². The Balaban J connectivity index is 1.38. The summed E-state index contributed by atoms with van der Waals surface area (Å²) < 4.78 is 41.9. The molecule has 6 aromatic rings. The van der Waals surface area contributed by atoms with Gasteiger partial charge in [-0.25, -0.2) is 13.8 Å². The molecule has 0 bridgehead atoms. The Labute approximate surface area is 255 Å². The molecule has 226 valence electrons. The second-order valence-corrected chi connectivity index (χ2v) is 10.9. The van der Waals surface area contributed by atoms with Crippen LogP contribution in [0.3, 0.4) is 0 Å². The minimum Gasteiger partial charge on any atom is -0.496 e. The van der Waals surface area contributed by atoms with E-state index in [0.29, 0.717) is 33.9 Å². The number of amides is 2. The Kier molecular flexibility index (Phi) is 6.80. The number of hydrogen-bond donors (Lipinski definition) is 2. The molecular formula is C34H27F2N5O4. The molecule has 0 unspecified atom stereocenters. The number of carbonyl (C=O) groups is 2. The van der Waals surface area contributed by atoms with Gasteiger partial charge in [0.1, 0.15) is 34.2 Å². The standard InChI is InChI=1S/C34H27F2N5O4/c1-17-14-27(44-3)23(33(43)41(20-8-9-20)34-39-24-12-13-38-16-25(24)40-34)15-22(17)21-10-11-26-28(30(21)36)29(32(42)37-2)31(45-26)18-4-6-19(35)7-5-18/h4-7,10-16,20H,8-9H2,1-3H3,(H,37,42)(H,39,40). The number of anilines is 1. The van der Waals surface area contributed by atoms with Crippen molar-refractivity contribution in [2.45, 2.75) is 25.8 Å². The molecule has 0 radical (unpaired) electrons. The van der Waals surface area contributed by atoms with E-state index in [0.717, 1.165) is 18.4 Å². The predicted octanol–water partition coefficient (Wildman–Crippen LogP) is 6.80. The second kappa shape index (κ2) is 10.8. The van der Waals surface area contributed by atoms with Crippen molar-refractivity contribution in [2.75, 3.05) is 19.1 Å². The Morgan fingerprint density at radius 2 is 1.84 bits per heavy atom. The number of furan rings is 1. The van der Waals surface area contributed by atoms with Gasteiger partial charge in [-0.3, -0.25) is 19.5 Å². The molecular weight excluding hydrogens is 580 g/mol. The van der Waals surface area contributed by atoms with Gasteiger partial charge in [0.2, 0.25) is 5.95 Å². The molecule has 1 aliphatic rings. The first-order valence-electron chi connectivity index (χ1n) is 14.3. The summed E-state index contributed by atoms with van der Waals surface area (Å²) in [4.78, 5) is 40.9. The van der Waals surface area contributed by atoms with Crippen molar-refractivity contribution >= 4 is 39.8 Å². The van der Waals surface area contributed by atoms with Crippen LogP contribution >= 0.6 is 0 Å². The first-order chi connectivity index (χ1) is 21.8. The molecule has 45 heavy (non-hydrogen) atoms. The molecule has 0 saturated heterocycles. The van der Waals surface area contributed by atoms with Crippen molar-refractivity contribution in [3.8, 4) is 28.2 Å². The van der Waals surface area contributed by atoms with Gasteiger partial charge in [0.25, 0.3) is 11.8 Å². The molecule has 1 aliphatic carbocycles. The third-order valence-electron chi connectivity index (χ3n) is 8.05. The van der Waals surface area contributed by atoms with Gasteiger partial charge in [-0.05, 0) is 85.5 Å². The summed E-state index contributed by atoms with van der Waals surface area (Å²) >= 11 is 0. The average molecular weight is 608 g/mol. The Morgan fingerprint density at radius 1 is 1.07 bits per heavy atom. The Morgan fingerprint density at radius 3 is 2.53 bits per heavy atom. The lowest BCUT2D eigenvalue weighted by Gasteiger charge is -2.22. The van der Waals surface area contributed by atoms with Crippen molar-refractivity contribution < 1.29 is 27.5 Å². The number of nitrogens with zero attached hydrogens (tertiary/aromatic N) is 3. The van der Waals surface area contributed by atoms with Crippen molar-refractivity contribution in [1.29, 1.82) is 0 Å². The average Bonchev–Trinajstić information content (AvgIpc) is 3.65. The van der Waals surface area contributed by atoms with Gasteiger partial charge in [-0.15, -0.1) is 0 Å². The van der Waals surface area contributed by atoms with Crippen molar-refractivity contribution in [3.05, 3.63) is 95.3 Å². The topological polar surface area (TPSA) is 113 Å². The molecule has 2 amide bonds. The van der Waals surface area contributed by atoms with Gasteiger partial charge < -0.3 is 19.5 Å². The van der Waals surface area contributed by atoms with Crippen LogP contribution in [0.5, 0.6) is 5.75 Å². The summed E-state index contributed by atoms with van der Waals surface area (Å²) in [6.07, 6.45) is 4.89. The molecule has 3 aromatic carbocycles. The number of carbonyl (C=O) groups excluding carboxylic acids is 2. The lowest BCUT2D eigenvalue weighted by molar-refractivity contribution is 0.0961. The van der Waals surface area contributed by atoms with Gasteiger partial charge in [0, 0.05) is 30.4 Å². The van der Waals surface area contributed by atoms with Gasteiger partial charge in [-0.2, -0.15) is 0 Å². The molecule has 0 spiro atoms. The maximum absolute atomic E-state index is 16.6. The van der Waals surface area contributed by atoms with Gasteiger partial charge >= 0.3 is 0 Å². The SMILES string of the molecule is CNC(=O)c1c(-c2ccc(F)cc2)oc2ccc(-c3cc(C(=O)N(c4nc5cnccc5[nH]4)C4CC4)c(OC)cc3C)c(F)c12. The van der Waals surface area contributed by atoms with E-state index in [-0.39, 0.29) is 45.4 Å². The number of benzene rings is 3. The number of aromatic amines is 1. The molecule has 0 aliphatic heterocycles. The van der Waals surface area contributed by atoms with Gasteiger partial charge in [0.05, 0.1) is 35.3 Å². The first kappa shape index (κ1) is 28.2. The molecule has 9 nitrogen and oxygen atoms in total. The van der Waals surface area contributed by atoms with Crippen LogP contribution in [0.25, 0.3) is 44.5 Å². The number of aryl methyl sites for hydroxylation is 1. The van der Waals surface area contributed by atoms with E-state index in [4.69, 9.17) is 9.15 Å². The van der Waals surface area contributed by atoms with Crippen LogP contribution in [0.1, 0.15) is 39.1 Å². The highest BCUT2D eigenvalue weighted by Gasteiger charge is 2.37. The molecule has 11 heteroatoms. The van der Waals surface area contributed by atoms with Crippen LogP contribution in [-0.2, 0) is 0 Å². The highest BCUT2D eigenvalue weighted by Crippen LogP contribution is 2.41. The van der Waals surface area contributed by atoms with E-state index in [1.54, 1.807) is 54.5 Å². The number of imidazole rings is 1. The van der Waals surface area contributed by atoms with Gasteiger partial charge in [-0.1, -0.05) is 0 Å². The first-order valence-corrected chi connectivity index (χ1v) is 14.3. The number of aromatic nitrogens is 3. The maximum Gasteiger partial charge on any atom is 0.264 e. The van der Waals surface area contributed by atoms with Crippen molar-refractivity contribution in [3.63, 3.8) is 0 Å². The number of rotatable bonds is 7. The van der Waals surface area contributed by atoms with Crippen LogP contribution in [-0.4, -0.2) is 47.0 Å². The zero-order chi connectivity index (χ0) is 31.4. The predicted molar refractivity (Wildman–Crippen MR) is 165 cm³/mol. The fraction of sp³-hybridized carbons (Fsp3) is 0.176. The summed E-state index contributed by atoms with van der Waals surface area (Å²) in [5, 5.41) is 2.53. The summed E-state index contributed by atoms with van der Waals surface area (Å²) in [7, 11) is 2.91. The summed E-state index contributed by atoms with van der Waals surface area (Å²) in [6.45, 7) is 1.79. The van der Waals surface area contributed by atoms with E-state index in [1.807, 2.05) is 0 Å². The number of fused-ring (bicyclic) bond motifs is 2. The Bertz CT molecular complexity index is 2100. The van der Waals surface area contributed by atoms with Crippen LogP contribution in [0.15, 0.2) is 71.4 Å². The summed E-state index contributed by atoms with van der Waals surface area (Å²) in [5.41, 5.74) is 3.42. The third kappa shape index (κ3) is 4.76. The minimum atomic E-state index is -0.696. The molecule has 2 N–H and O–H groups in total. The normalized spacial score (nSPS) is 12.9. The van der Waals surface area contributed by atoms with E-state index >= 15 is 4.39 Å². The number of hydrogen-bond acceptors (Lipinski definition) is 6. The van der Waals surface area contributed by atoms with Gasteiger partial charge in [0.15, 0.2) is 0 Å². The summed E-state index contributed by atoms with van der Waals surface area (Å²) in [5.74, 6) is -1.22. The largest absolute Gasteiger partial charge is 0.496 e. The number of methoxy groups -OCH3 is 1. The molecule has 0 atom stereocenters. The highest BCUT2D eigenvalue weighted by atomic mass is 19.1. The quantitative estimate of drug-likeness (QED) is 0.206. The van der Waals surface area contributed by atoms with Crippen LogP contribution in [0.2, 0.25) is 0 Å². The molecule has 3 heterocycles. The van der Waals surface area contributed by atoms with Crippen molar-refractivity contribution in [1.82, 2.24) is 20.3 Å². The molecule has 7 rings (SSSR count).